The molecule has 0 spiro atoms. The molecule has 200 valence electrons. The van der Waals surface area contributed by atoms with E-state index < -0.39 is 10.0 Å². The molecule has 39 heavy (non-hydrogen) atoms. The van der Waals surface area contributed by atoms with E-state index in [0.717, 1.165) is 27.3 Å². The van der Waals surface area contributed by atoms with E-state index >= 15 is 0 Å². The Bertz CT molecular complexity index is 1700. The predicted molar refractivity (Wildman–Crippen MR) is 151 cm³/mol. The summed E-state index contributed by atoms with van der Waals surface area (Å²) in [5.41, 5.74) is 5.47. The Hall–Kier alpha value is -3.82. The molecule has 0 atom stereocenters. The van der Waals surface area contributed by atoms with E-state index in [1.54, 1.807) is 28.9 Å². The van der Waals surface area contributed by atoms with Gasteiger partial charge in [-0.15, -0.1) is 0 Å². The highest BCUT2D eigenvalue weighted by atomic mass is 32.2. The third-order valence-corrected chi connectivity index (χ3v) is 8.86. The summed E-state index contributed by atoms with van der Waals surface area (Å²) in [5.74, 6) is 0.712. The summed E-state index contributed by atoms with van der Waals surface area (Å²) in [5, 5.41) is 8.92. The van der Waals surface area contributed by atoms with Gasteiger partial charge >= 0.3 is 0 Å². The lowest BCUT2D eigenvalue weighted by atomic mass is 10.1. The van der Waals surface area contributed by atoms with Crippen LogP contribution in [-0.4, -0.2) is 56.7 Å². The van der Waals surface area contributed by atoms with Gasteiger partial charge in [-0.2, -0.15) is 22.7 Å². The van der Waals surface area contributed by atoms with Gasteiger partial charge < -0.3 is 4.90 Å². The molecule has 5 aromatic rings. The molecule has 4 heterocycles. The van der Waals surface area contributed by atoms with Gasteiger partial charge in [0.25, 0.3) is 10.0 Å². The smallest absolute Gasteiger partial charge is 0.282 e. The van der Waals surface area contributed by atoms with Gasteiger partial charge in [0, 0.05) is 12.0 Å². The number of benzene rings is 2. The van der Waals surface area contributed by atoms with Gasteiger partial charge in [0.2, 0.25) is 0 Å². The minimum atomic E-state index is -3.79. The first kappa shape index (κ1) is 25.5. The minimum Gasteiger partial charge on any atom is -0.303 e. The molecule has 2 aromatic carbocycles. The van der Waals surface area contributed by atoms with E-state index in [-0.39, 0.29) is 4.90 Å². The summed E-state index contributed by atoms with van der Waals surface area (Å²) in [6.45, 7) is 5.55. The maximum Gasteiger partial charge on any atom is 0.282 e. The van der Waals surface area contributed by atoms with Gasteiger partial charge in [-0.3, -0.25) is 0 Å². The average molecular weight is 541 g/mol. The number of pyridine rings is 1. The number of fused-ring (bicyclic) bond motifs is 1. The normalized spacial score (nSPS) is 14.4. The molecule has 0 aliphatic carbocycles. The fourth-order valence-electron chi connectivity index (χ4n) is 5.21. The molecule has 1 aliphatic rings. The fourth-order valence-corrected chi connectivity index (χ4v) is 6.44. The van der Waals surface area contributed by atoms with Crippen LogP contribution >= 0.6 is 0 Å². The summed E-state index contributed by atoms with van der Waals surface area (Å²) in [7, 11) is -3.79. The molecule has 3 aromatic heterocycles. The van der Waals surface area contributed by atoms with Crippen molar-refractivity contribution in [3.63, 3.8) is 0 Å². The molecule has 0 bridgehead atoms. The molecular formula is C30H32N6O2S. The Morgan fingerprint density at radius 2 is 1.69 bits per heavy atom. The quantitative estimate of drug-likeness (QED) is 0.268. The van der Waals surface area contributed by atoms with Crippen LogP contribution in [-0.2, 0) is 22.9 Å². The molecule has 0 amide bonds. The number of aryl methyl sites for hydroxylation is 2. The van der Waals surface area contributed by atoms with Crippen LogP contribution in [0, 0.1) is 6.92 Å². The van der Waals surface area contributed by atoms with Crippen molar-refractivity contribution < 1.29 is 8.42 Å². The second kappa shape index (κ2) is 10.7. The first-order valence-corrected chi connectivity index (χ1v) is 14.9. The highest BCUT2D eigenvalue weighted by Gasteiger charge is 2.20. The molecule has 1 fully saturated rings. The lowest BCUT2D eigenvalue weighted by Gasteiger charge is -2.13. The maximum absolute atomic E-state index is 13.1. The van der Waals surface area contributed by atoms with Crippen molar-refractivity contribution in [2.75, 3.05) is 19.6 Å². The molecule has 1 aliphatic heterocycles. The largest absolute Gasteiger partial charge is 0.303 e. The number of aromatic nitrogens is 5. The topological polar surface area (TPSA) is 85.4 Å². The Morgan fingerprint density at radius 1 is 0.923 bits per heavy atom. The summed E-state index contributed by atoms with van der Waals surface area (Å²) >= 11 is 0. The number of hydrogen-bond donors (Lipinski definition) is 0. The summed E-state index contributed by atoms with van der Waals surface area (Å²) in [6.07, 6.45) is 8.66. The minimum absolute atomic E-state index is 0.205. The van der Waals surface area contributed by atoms with Gasteiger partial charge in [0.15, 0.2) is 11.5 Å². The summed E-state index contributed by atoms with van der Waals surface area (Å²) < 4.78 is 29.0. The van der Waals surface area contributed by atoms with E-state index in [9.17, 15) is 8.42 Å². The number of likely N-dealkylation sites (tertiary alicyclic amines) is 1. The summed E-state index contributed by atoms with van der Waals surface area (Å²) in [4.78, 5) is 7.49. The zero-order valence-electron chi connectivity index (χ0n) is 22.1. The Morgan fingerprint density at radius 3 is 2.49 bits per heavy atom. The Kier molecular flexibility index (Phi) is 7.01. The number of hydrogen-bond acceptors (Lipinski definition) is 6. The zero-order chi connectivity index (χ0) is 26.8. The molecular weight excluding hydrogens is 508 g/mol. The third kappa shape index (κ3) is 5.51. The van der Waals surface area contributed by atoms with Crippen molar-refractivity contribution in [2.45, 2.75) is 43.9 Å². The molecule has 0 radical (unpaired) electrons. The van der Waals surface area contributed by atoms with Crippen molar-refractivity contribution in [2.24, 2.45) is 0 Å². The first-order valence-electron chi connectivity index (χ1n) is 13.5. The van der Waals surface area contributed by atoms with Crippen LogP contribution in [0.3, 0.4) is 0 Å². The highest BCUT2D eigenvalue weighted by molar-refractivity contribution is 7.89. The lowest BCUT2D eigenvalue weighted by Crippen LogP contribution is -2.20. The van der Waals surface area contributed by atoms with Crippen LogP contribution in [0.2, 0.25) is 0 Å². The molecule has 0 N–H and O–H groups in total. The van der Waals surface area contributed by atoms with Crippen molar-refractivity contribution in [1.29, 1.82) is 0 Å². The molecule has 1 saturated heterocycles. The van der Waals surface area contributed by atoms with Crippen LogP contribution in [0.4, 0.5) is 0 Å². The predicted octanol–water partition coefficient (Wildman–Crippen LogP) is 4.76. The van der Waals surface area contributed by atoms with Crippen LogP contribution in [0.1, 0.15) is 41.8 Å². The van der Waals surface area contributed by atoms with Gasteiger partial charge in [-0.25, -0.2) is 9.50 Å². The van der Waals surface area contributed by atoms with Gasteiger partial charge in [0.1, 0.15) is 0 Å². The van der Waals surface area contributed by atoms with E-state index in [1.165, 1.54) is 50.7 Å². The monoisotopic (exact) mass is 540 g/mol. The second-order valence-electron chi connectivity index (χ2n) is 10.3. The molecule has 9 heteroatoms. The van der Waals surface area contributed by atoms with Crippen molar-refractivity contribution in [3.8, 4) is 11.3 Å². The zero-order valence-corrected chi connectivity index (χ0v) is 22.9. The maximum atomic E-state index is 13.1. The average Bonchev–Trinajstić information content (AvgIpc) is 3.71. The van der Waals surface area contributed by atoms with Gasteiger partial charge in [-0.1, -0.05) is 42.5 Å². The fraction of sp³-hybridized carbons (Fsp3) is 0.300. The second-order valence-corrected chi connectivity index (χ2v) is 12.1. The number of rotatable bonds is 9. The van der Waals surface area contributed by atoms with Crippen LogP contribution < -0.4 is 0 Å². The molecule has 6 rings (SSSR count). The van der Waals surface area contributed by atoms with Crippen LogP contribution in [0.25, 0.3) is 16.9 Å². The third-order valence-electron chi connectivity index (χ3n) is 7.32. The Balaban J connectivity index is 1.18. The van der Waals surface area contributed by atoms with E-state index in [2.05, 4.69) is 34.3 Å². The van der Waals surface area contributed by atoms with Crippen molar-refractivity contribution in [3.05, 3.63) is 102 Å². The van der Waals surface area contributed by atoms with Crippen LogP contribution in [0.15, 0.2) is 84.0 Å². The van der Waals surface area contributed by atoms with Gasteiger partial charge in [-0.05, 0) is 93.2 Å². The van der Waals surface area contributed by atoms with E-state index in [1.807, 2.05) is 31.2 Å². The van der Waals surface area contributed by atoms with E-state index in [0.29, 0.717) is 23.5 Å². The SMILES string of the molecule is Cc1cccc(S(=O)(=O)n2cc(-c3cccc4nc(Cc5ccc(CCCN6CCCC6)cc5)nn34)cn2)c1. The molecule has 0 saturated carbocycles. The van der Waals surface area contributed by atoms with Crippen LogP contribution in [0.5, 0.6) is 0 Å². The first-order chi connectivity index (χ1) is 19.0. The van der Waals surface area contributed by atoms with Crippen molar-refractivity contribution in [1.82, 2.24) is 28.7 Å². The van der Waals surface area contributed by atoms with E-state index in [4.69, 9.17) is 10.1 Å². The Labute approximate surface area is 229 Å². The standard InChI is InChI=1S/C30H32N6O2S/c1-23-7-4-9-27(19-23)39(37,38)35-22-26(21-31-35)28-10-5-11-30-32-29(33-36(28)30)20-25-14-12-24(13-15-25)8-6-18-34-16-2-3-17-34/h4-5,7,9-15,19,21-22H,2-3,6,8,16-18,20H2,1H3. The van der Waals surface area contributed by atoms with Crippen molar-refractivity contribution >= 4 is 15.7 Å². The lowest BCUT2D eigenvalue weighted by molar-refractivity contribution is 0.334. The van der Waals surface area contributed by atoms with Gasteiger partial charge in [0.05, 0.1) is 23.0 Å². The highest BCUT2D eigenvalue weighted by Crippen LogP contribution is 2.23. The summed E-state index contributed by atoms with van der Waals surface area (Å²) in [6, 6.07) is 21.3. The molecule has 0 unspecified atom stereocenters. The number of nitrogens with zero attached hydrogens (tertiary/aromatic N) is 6. The molecule has 8 nitrogen and oxygen atoms in total.